The highest BCUT2D eigenvalue weighted by molar-refractivity contribution is 8.51. The minimum absolute atomic E-state index is 0.0639. The highest BCUT2D eigenvalue weighted by atomic mass is 32.7. The molecule has 74 valence electrons. The molecule has 2 atom stereocenters. The van der Waals surface area contributed by atoms with Crippen LogP contribution in [0.3, 0.4) is 0 Å². The van der Waals surface area contributed by atoms with Crippen LogP contribution in [0.2, 0.25) is 0 Å². The Kier molecular flexibility index (Phi) is 7.38. The highest BCUT2D eigenvalue weighted by Crippen LogP contribution is 2.32. The minimum Gasteiger partial charge on any atom is -0.328 e. The van der Waals surface area contributed by atoms with Gasteiger partial charge in [-0.15, -0.1) is 4.52 Å². The average Bonchev–Trinajstić information content (AvgIpc) is 2.00. The third-order valence-electron chi connectivity index (χ3n) is 0.893. The number of hydrogen-bond donors (Lipinski definition) is 1. The van der Waals surface area contributed by atoms with Crippen LogP contribution in [0, 0.1) is 0 Å². The van der Waals surface area contributed by atoms with Crippen molar-refractivity contribution in [2.75, 3.05) is 25.8 Å². The van der Waals surface area contributed by atoms with Crippen molar-refractivity contribution in [3.63, 3.8) is 0 Å². The fourth-order valence-electron chi connectivity index (χ4n) is 0.404. The largest absolute Gasteiger partial charge is 0.506 e. The summed E-state index contributed by atoms with van der Waals surface area (Å²) in [7, 11) is -3.04. The molecule has 0 rings (SSSR count). The smallest absolute Gasteiger partial charge is 0.328 e. The Balaban J connectivity index is 3.41. The third kappa shape index (κ3) is 9.90. The van der Waals surface area contributed by atoms with Gasteiger partial charge in [0.1, 0.15) is 23.8 Å². The molecule has 0 bridgehead atoms. The van der Waals surface area contributed by atoms with Crippen molar-refractivity contribution < 1.29 is 18.4 Å². The Bertz CT molecular complexity index is 223. The molecule has 1 N–H and O–H groups in total. The zero-order valence-electron chi connectivity index (χ0n) is 7.35. The first-order valence-electron chi connectivity index (χ1n) is 3.36. The van der Waals surface area contributed by atoms with Crippen molar-refractivity contribution in [2.24, 2.45) is 0 Å². The second-order valence-electron chi connectivity index (χ2n) is 2.03. The van der Waals surface area contributed by atoms with Gasteiger partial charge in [-0.1, -0.05) is 4.57 Å². The van der Waals surface area contributed by atoms with E-state index < -0.39 is 15.0 Å². The molecule has 2 unspecified atom stereocenters. The topological polar surface area (TPSA) is 72.5 Å². The summed E-state index contributed by atoms with van der Waals surface area (Å²) in [6.45, 7) is 2.87. The number of carbonyl (C=O) groups is 1. The predicted molar refractivity (Wildman–Crippen MR) is 53.6 cm³/mol. The quantitative estimate of drug-likeness (QED) is 0.566. The van der Waals surface area contributed by atoms with Crippen molar-refractivity contribution in [3.8, 4) is 0 Å². The van der Waals surface area contributed by atoms with Crippen molar-refractivity contribution in [1.82, 2.24) is 5.32 Å². The van der Waals surface area contributed by atoms with Gasteiger partial charge < -0.3 is 5.32 Å². The SMILES string of the molecule is C[P+](=O)OCNC(=O)CS[P+](C)=O. The molecule has 0 aliphatic heterocycles. The average molecular weight is 243 g/mol. The van der Waals surface area contributed by atoms with Crippen LogP contribution in [0.5, 0.6) is 0 Å². The van der Waals surface area contributed by atoms with E-state index >= 15 is 0 Å². The Morgan fingerprint density at radius 1 is 1.46 bits per heavy atom. The monoisotopic (exact) mass is 243 g/mol. The predicted octanol–water partition coefficient (Wildman–Crippen LogP) is 1.55. The molecule has 8 heteroatoms. The van der Waals surface area contributed by atoms with Gasteiger partial charge in [0.15, 0.2) is 13.4 Å². The Labute approximate surface area is 82.4 Å². The van der Waals surface area contributed by atoms with E-state index in [0.29, 0.717) is 0 Å². The van der Waals surface area contributed by atoms with Crippen LogP contribution in [0.25, 0.3) is 0 Å². The molecule has 0 aliphatic rings. The van der Waals surface area contributed by atoms with E-state index in [0.717, 1.165) is 11.4 Å². The number of amides is 1. The van der Waals surface area contributed by atoms with Gasteiger partial charge in [-0.2, -0.15) is 0 Å². The van der Waals surface area contributed by atoms with E-state index in [-0.39, 0.29) is 18.4 Å². The van der Waals surface area contributed by atoms with Crippen molar-refractivity contribution in [1.29, 1.82) is 0 Å². The van der Waals surface area contributed by atoms with Crippen molar-refractivity contribution in [2.45, 2.75) is 0 Å². The van der Waals surface area contributed by atoms with Crippen molar-refractivity contribution >= 4 is 32.3 Å². The molecular formula is C5H11NO4P2S+2. The van der Waals surface area contributed by atoms with Crippen LogP contribution in [-0.2, 0) is 18.4 Å². The Morgan fingerprint density at radius 2 is 2.08 bits per heavy atom. The highest BCUT2D eigenvalue weighted by Gasteiger charge is 2.13. The van der Waals surface area contributed by atoms with E-state index in [1.54, 1.807) is 0 Å². The first kappa shape index (κ1) is 13.0. The lowest BCUT2D eigenvalue weighted by Crippen LogP contribution is -2.26. The standard InChI is InChI=1S/C5H10NO4P2S/c1-11(8)10-4-6-5(7)3-13-12(2)9/h3-4H2,1-2H3/q+1/p+1. The van der Waals surface area contributed by atoms with Gasteiger partial charge >= 0.3 is 15.0 Å². The minimum atomic E-state index is -1.68. The summed E-state index contributed by atoms with van der Waals surface area (Å²) in [5.74, 6) is -0.137. The molecule has 1 amide bonds. The summed E-state index contributed by atoms with van der Waals surface area (Å²) in [6, 6.07) is 0. The number of carbonyl (C=O) groups excluding carboxylic acids is 1. The molecular weight excluding hydrogens is 232 g/mol. The van der Waals surface area contributed by atoms with Crippen molar-refractivity contribution in [3.05, 3.63) is 0 Å². The maximum Gasteiger partial charge on any atom is 0.506 e. The lowest BCUT2D eigenvalue weighted by molar-refractivity contribution is -0.119. The molecule has 0 aromatic carbocycles. The molecule has 0 radical (unpaired) electrons. The zero-order valence-corrected chi connectivity index (χ0v) is 9.96. The molecule has 0 spiro atoms. The van der Waals surface area contributed by atoms with Crippen LogP contribution in [0.1, 0.15) is 0 Å². The number of nitrogens with one attached hydrogen (secondary N) is 1. The van der Waals surface area contributed by atoms with Crippen LogP contribution >= 0.6 is 26.4 Å². The Hall–Kier alpha value is -0.0200. The molecule has 0 saturated heterocycles. The van der Waals surface area contributed by atoms with Gasteiger partial charge in [-0.25, -0.2) is 0 Å². The van der Waals surface area contributed by atoms with E-state index in [2.05, 4.69) is 9.84 Å². The van der Waals surface area contributed by atoms with E-state index in [1.165, 1.54) is 13.3 Å². The van der Waals surface area contributed by atoms with Gasteiger partial charge in [0.2, 0.25) is 5.91 Å². The lowest BCUT2D eigenvalue weighted by atomic mass is 10.7. The maximum absolute atomic E-state index is 10.9. The summed E-state index contributed by atoms with van der Waals surface area (Å²) in [5, 5.41) is 2.38. The summed E-state index contributed by atoms with van der Waals surface area (Å²) >= 11 is 1.07. The van der Waals surface area contributed by atoms with Gasteiger partial charge in [-0.3, -0.25) is 4.79 Å². The second-order valence-corrected chi connectivity index (χ2v) is 6.91. The second kappa shape index (κ2) is 7.39. The first-order chi connectivity index (χ1) is 6.02. The molecule has 0 fully saturated rings. The molecule has 5 nitrogen and oxygen atoms in total. The summed E-state index contributed by atoms with van der Waals surface area (Å²) < 4.78 is 25.6. The summed E-state index contributed by atoms with van der Waals surface area (Å²) in [6.07, 6.45) is 0. The van der Waals surface area contributed by atoms with Crippen LogP contribution in [0.4, 0.5) is 0 Å². The molecule has 13 heavy (non-hydrogen) atoms. The van der Waals surface area contributed by atoms with E-state index in [1.807, 2.05) is 0 Å². The molecule has 0 heterocycles. The fraction of sp³-hybridized carbons (Fsp3) is 0.800. The molecule has 0 aliphatic carbocycles. The van der Waals surface area contributed by atoms with Crippen LogP contribution < -0.4 is 5.32 Å². The number of rotatable bonds is 6. The normalized spacial score (nSPS) is 12.2. The van der Waals surface area contributed by atoms with Gasteiger partial charge in [0.25, 0.3) is 0 Å². The van der Waals surface area contributed by atoms with E-state index in [4.69, 9.17) is 0 Å². The van der Waals surface area contributed by atoms with Crippen LogP contribution in [-0.4, -0.2) is 31.7 Å². The summed E-state index contributed by atoms with van der Waals surface area (Å²) in [4.78, 5) is 10.9. The first-order valence-corrected chi connectivity index (χ1v) is 8.29. The number of hydrogen-bond acceptors (Lipinski definition) is 5. The van der Waals surface area contributed by atoms with E-state index in [9.17, 15) is 13.9 Å². The van der Waals surface area contributed by atoms with Gasteiger partial charge in [0, 0.05) is 0 Å². The zero-order chi connectivity index (χ0) is 10.3. The Morgan fingerprint density at radius 3 is 2.54 bits per heavy atom. The molecule has 0 saturated carbocycles. The lowest BCUT2D eigenvalue weighted by Gasteiger charge is -1.95. The van der Waals surface area contributed by atoms with Gasteiger partial charge in [0.05, 0.1) is 0 Å². The molecule has 0 aromatic rings. The molecule has 0 aromatic heterocycles. The third-order valence-corrected chi connectivity index (χ3v) is 3.62. The van der Waals surface area contributed by atoms with Crippen LogP contribution in [0.15, 0.2) is 0 Å². The fourth-order valence-corrected chi connectivity index (χ4v) is 1.95. The maximum atomic E-state index is 10.9. The van der Waals surface area contributed by atoms with Gasteiger partial charge in [-0.05, 0) is 4.57 Å². The summed E-state index contributed by atoms with van der Waals surface area (Å²) in [5.41, 5.74) is 0.